The van der Waals surface area contributed by atoms with Crippen LogP contribution in [0.3, 0.4) is 0 Å². The van der Waals surface area contributed by atoms with Gasteiger partial charge in [0.2, 0.25) is 0 Å². The minimum Gasteiger partial charge on any atom is -0.134 e. The molecular formula is C52H30S2. The monoisotopic (exact) mass is 718 g/mol. The highest BCUT2D eigenvalue weighted by molar-refractivity contribution is 7.33. The third kappa shape index (κ3) is 4.24. The van der Waals surface area contributed by atoms with Crippen molar-refractivity contribution in [2.24, 2.45) is 0 Å². The molecule has 0 nitrogen and oxygen atoms in total. The molecule has 0 fully saturated rings. The molecular weight excluding hydrogens is 689 g/mol. The molecule has 10 aromatic carbocycles. The molecule has 2 heteroatoms. The number of thiophene rings is 2. The Morgan fingerprint density at radius 1 is 0.259 bits per heavy atom. The molecule has 0 radical (unpaired) electrons. The lowest BCUT2D eigenvalue weighted by Crippen LogP contribution is -1.92. The Bertz CT molecular complexity index is 3430. The van der Waals surface area contributed by atoms with Crippen molar-refractivity contribution in [3.05, 3.63) is 182 Å². The molecule has 0 aliphatic carbocycles. The van der Waals surface area contributed by atoms with Gasteiger partial charge in [0, 0.05) is 30.9 Å². The van der Waals surface area contributed by atoms with Crippen molar-refractivity contribution in [1.82, 2.24) is 0 Å². The summed E-state index contributed by atoms with van der Waals surface area (Å²) in [7, 11) is 0. The Morgan fingerprint density at radius 2 is 0.704 bits per heavy atom. The van der Waals surface area contributed by atoms with Crippen LogP contribution in [-0.4, -0.2) is 0 Å². The molecule has 0 bridgehead atoms. The highest BCUT2D eigenvalue weighted by Gasteiger charge is 2.21. The zero-order chi connectivity index (χ0) is 35.3. The number of rotatable bonds is 3. The fraction of sp³-hybridized carbons (Fsp3) is 0. The van der Waals surface area contributed by atoms with Gasteiger partial charge in [0.25, 0.3) is 0 Å². The third-order valence-electron chi connectivity index (χ3n) is 11.5. The lowest BCUT2D eigenvalue weighted by molar-refractivity contribution is 1.66. The van der Waals surface area contributed by atoms with Crippen molar-refractivity contribution in [1.29, 1.82) is 0 Å². The van der Waals surface area contributed by atoms with E-state index in [1.807, 2.05) is 22.7 Å². The van der Waals surface area contributed by atoms with Gasteiger partial charge in [-0.15, -0.1) is 22.7 Å². The van der Waals surface area contributed by atoms with Gasteiger partial charge in [-0.25, -0.2) is 0 Å². The molecule has 2 heterocycles. The van der Waals surface area contributed by atoms with E-state index in [9.17, 15) is 0 Å². The quantitative estimate of drug-likeness (QED) is 0.160. The highest BCUT2D eigenvalue weighted by Crippen LogP contribution is 2.51. The van der Waals surface area contributed by atoms with Gasteiger partial charge in [0.1, 0.15) is 0 Å². The van der Waals surface area contributed by atoms with Crippen LogP contribution in [0.2, 0.25) is 0 Å². The van der Waals surface area contributed by atoms with E-state index in [-0.39, 0.29) is 0 Å². The number of fused-ring (bicyclic) bond motifs is 13. The summed E-state index contributed by atoms with van der Waals surface area (Å²) in [5, 5.41) is 15.8. The van der Waals surface area contributed by atoms with Crippen molar-refractivity contribution >= 4 is 106 Å². The van der Waals surface area contributed by atoms with Crippen molar-refractivity contribution in [3.63, 3.8) is 0 Å². The van der Waals surface area contributed by atoms with Gasteiger partial charge in [-0.2, -0.15) is 0 Å². The van der Waals surface area contributed by atoms with Crippen LogP contribution in [0.15, 0.2) is 182 Å². The van der Waals surface area contributed by atoms with E-state index < -0.39 is 0 Å². The molecule has 0 spiro atoms. The lowest BCUT2D eigenvalue weighted by Gasteiger charge is -2.19. The largest absolute Gasteiger partial charge is 0.134 e. The van der Waals surface area contributed by atoms with Crippen molar-refractivity contribution in [3.8, 4) is 33.4 Å². The average Bonchev–Trinajstić information content (AvgIpc) is 3.82. The molecule has 0 amide bonds. The van der Waals surface area contributed by atoms with Gasteiger partial charge >= 0.3 is 0 Å². The molecule has 0 N–H and O–H groups in total. The van der Waals surface area contributed by atoms with Crippen molar-refractivity contribution < 1.29 is 0 Å². The zero-order valence-corrected chi connectivity index (χ0v) is 30.8. The Hall–Kier alpha value is -6.32. The van der Waals surface area contributed by atoms with Crippen molar-refractivity contribution in [2.75, 3.05) is 0 Å². The first-order chi connectivity index (χ1) is 26.8. The smallest absolute Gasteiger partial charge is 0.0540 e. The molecule has 12 rings (SSSR count). The van der Waals surface area contributed by atoms with E-state index in [1.54, 1.807) is 0 Å². The molecule has 2 aromatic heterocycles. The number of hydrogen-bond acceptors (Lipinski definition) is 2. The summed E-state index contributed by atoms with van der Waals surface area (Å²) in [6.45, 7) is 0. The Morgan fingerprint density at radius 3 is 1.33 bits per heavy atom. The van der Waals surface area contributed by atoms with E-state index in [4.69, 9.17) is 0 Å². The summed E-state index contributed by atoms with van der Waals surface area (Å²) in [6, 6.07) is 67.6. The highest BCUT2D eigenvalue weighted by atomic mass is 32.1. The molecule has 0 aliphatic rings. The molecule has 12 aromatic rings. The second kappa shape index (κ2) is 11.6. The van der Waals surface area contributed by atoms with Crippen LogP contribution < -0.4 is 0 Å². The number of benzene rings is 10. The average molecular weight is 719 g/mol. The SMILES string of the molecule is c1ccc(-c2c3ccccc3c(-c3ccc(-c4ccc5sc6c7sc8ccccc8c7c7ccccc7c6c5c4)c4ccccc34)c3ccccc23)cc1. The Labute approximate surface area is 319 Å². The predicted octanol–water partition coefficient (Wildman–Crippen LogP) is 16.0. The molecule has 0 aliphatic heterocycles. The second-order valence-corrected chi connectivity index (χ2v) is 16.4. The van der Waals surface area contributed by atoms with Crippen LogP contribution in [0.25, 0.3) is 117 Å². The summed E-state index contributed by atoms with van der Waals surface area (Å²) in [5.74, 6) is 0. The zero-order valence-electron chi connectivity index (χ0n) is 29.1. The molecule has 0 saturated carbocycles. The van der Waals surface area contributed by atoms with Gasteiger partial charge in [0.05, 0.1) is 9.40 Å². The summed E-state index contributed by atoms with van der Waals surface area (Å²) in [5.41, 5.74) is 7.61. The molecule has 0 unspecified atom stereocenters. The first kappa shape index (κ1) is 30.2. The van der Waals surface area contributed by atoms with E-state index in [2.05, 4.69) is 182 Å². The maximum absolute atomic E-state index is 2.46. The maximum atomic E-state index is 2.46. The van der Waals surface area contributed by atoms with Crippen LogP contribution in [0.5, 0.6) is 0 Å². The van der Waals surface area contributed by atoms with Gasteiger partial charge in [0.15, 0.2) is 0 Å². The normalized spacial score (nSPS) is 12.1. The number of hydrogen-bond donors (Lipinski definition) is 0. The maximum Gasteiger partial charge on any atom is 0.0540 e. The van der Waals surface area contributed by atoms with Gasteiger partial charge in [-0.05, 0) is 94.7 Å². The topological polar surface area (TPSA) is 0 Å². The lowest BCUT2D eigenvalue weighted by atomic mass is 9.84. The first-order valence-electron chi connectivity index (χ1n) is 18.5. The molecule has 250 valence electrons. The van der Waals surface area contributed by atoms with Crippen LogP contribution in [0.4, 0.5) is 0 Å². The predicted molar refractivity (Wildman–Crippen MR) is 239 cm³/mol. The van der Waals surface area contributed by atoms with E-state index >= 15 is 0 Å². The van der Waals surface area contributed by atoms with E-state index in [0.717, 1.165) is 0 Å². The third-order valence-corrected chi connectivity index (χ3v) is 14.0. The van der Waals surface area contributed by atoms with Gasteiger partial charge in [-0.3, -0.25) is 0 Å². The Kier molecular flexibility index (Phi) is 6.48. The van der Waals surface area contributed by atoms with E-state index in [0.29, 0.717) is 0 Å². The Balaban J connectivity index is 1.12. The summed E-state index contributed by atoms with van der Waals surface area (Å²) >= 11 is 3.88. The summed E-state index contributed by atoms with van der Waals surface area (Å²) < 4.78 is 5.49. The summed E-state index contributed by atoms with van der Waals surface area (Å²) in [4.78, 5) is 0. The van der Waals surface area contributed by atoms with Gasteiger partial charge in [-0.1, -0.05) is 164 Å². The fourth-order valence-electron chi connectivity index (χ4n) is 9.19. The molecule has 0 saturated heterocycles. The minimum atomic E-state index is 1.24. The molecule has 54 heavy (non-hydrogen) atoms. The second-order valence-electron chi connectivity index (χ2n) is 14.3. The fourth-order valence-corrected chi connectivity index (χ4v) is 11.7. The first-order valence-corrected chi connectivity index (χ1v) is 20.1. The van der Waals surface area contributed by atoms with Crippen LogP contribution in [0, 0.1) is 0 Å². The summed E-state index contributed by atoms with van der Waals surface area (Å²) in [6.07, 6.45) is 0. The van der Waals surface area contributed by atoms with Crippen LogP contribution in [-0.2, 0) is 0 Å². The van der Waals surface area contributed by atoms with E-state index in [1.165, 1.54) is 117 Å². The van der Waals surface area contributed by atoms with Gasteiger partial charge < -0.3 is 0 Å². The van der Waals surface area contributed by atoms with Crippen LogP contribution >= 0.6 is 22.7 Å². The standard InChI is InChI=1S/C52H30S2/c1-2-14-31(15-3-1)47-36-18-6-8-20-38(36)48(39-21-9-7-19-37(39)47)42-28-27-33(34-16-4-5-17-35(34)42)32-26-29-46-44(30-32)50-41-23-11-10-22-40(41)49-43-24-12-13-25-45(43)53-51(49)52(50)54-46/h1-30H. The van der Waals surface area contributed by atoms with Crippen molar-refractivity contribution in [2.45, 2.75) is 0 Å². The minimum absolute atomic E-state index is 1.24. The molecule has 0 atom stereocenters. The van der Waals surface area contributed by atoms with Crippen LogP contribution in [0.1, 0.15) is 0 Å².